The van der Waals surface area contributed by atoms with Gasteiger partial charge >= 0.3 is 13.7 Å². The minimum atomic E-state index is -4.54. The van der Waals surface area contributed by atoms with Gasteiger partial charge in [-0.1, -0.05) is 73.2 Å². The minimum absolute atomic E-state index is 0.0995. The highest BCUT2D eigenvalue weighted by Gasteiger charge is 2.55. The second-order valence-electron chi connectivity index (χ2n) is 13.2. The molecule has 3 aromatic carbocycles. The smallest absolute Gasteiger partial charge is 0.459 e. The Kier molecular flexibility index (Phi) is 10.9. The van der Waals surface area contributed by atoms with Gasteiger partial charge in [-0.3, -0.25) is 9.09 Å². The fraction of sp³-hybridized carbons (Fsp3) is 0.389. The van der Waals surface area contributed by atoms with Gasteiger partial charge in [-0.25, -0.2) is 14.3 Å². The molecular formula is C36H40IN6O9P. The van der Waals surface area contributed by atoms with Crippen LogP contribution in [0.2, 0.25) is 0 Å². The van der Waals surface area contributed by atoms with E-state index in [1.807, 2.05) is 52.9 Å². The molecule has 2 fully saturated rings. The summed E-state index contributed by atoms with van der Waals surface area (Å²) in [6, 6.07) is 20.2. The van der Waals surface area contributed by atoms with Crippen LogP contribution in [0.15, 0.2) is 72.8 Å². The number of imidazole rings is 1. The number of ether oxygens (including phenoxy) is 3. The van der Waals surface area contributed by atoms with Crippen molar-refractivity contribution in [3.63, 3.8) is 0 Å². The molecule has 0 radical (unpaired) electrons. The standard InChI is InChI=1S/C36H40IN6O9P/c1-36(46)29(44)26(51-33(36)43-30-28(39-34(43)37)31(48-2)41-35(38)40-30)20-49-53(47,52-25-19-11-15-21-12-9-10-18-24(21)25)42-27(22-13-5-3-6-14-22)32(45)50-23-16-7-4-8-17-23/h3,5-6,9-15,18-19,23,26-27,29,33,44,46H,4,7-8,16-17,20H2,1-2H3,(H,42,47)(H2,38,40,41)/t26-,27-,29-,33?,36-,53?/m1/s1. The molecule has 1 saturated heterocycles. The molecule has 2 aromatic heterocycles. The molecule has 7 rings (SSSR count). The molecule has 0 amide bonds. The summed E-state index contributed by atoms with van der Waals surface area (Å²) in [4.78, 5) is 26.7. The van der Waals surface area contributed by atoms with Crippen LogP contribution in [-0.2, 0) is 23.4 Å². The van der Waals surface area contributed by atoms with E-state index in [1.54, 1.807) is 42.5 Å². The van der Waals surface area contributed by atoms with E-state index < -0.39 is 50.4 Å². The Morgan fingerprint density at radius 1 is 1.08 bits per heavy atom. The first-order chi connectivity index (χ1) is 25.5. The van der Waals surface area contributed by atoms with Crippen LogP contribution in [0.25, 0.3) is 21.9 Å². The number of nitrogens with two attached hydrogens (primary N) is 1. The van der Waals surface area contributed by atoms with E-state index in [-0.39, 0.29) is 34.8 Å². The number of aliphatic hydroxyl groups is 2. The molecule has 280 valence electrons. The van der Waals surface area contributed by atoms with E-state index in [1.165, 1.54) is 18.6 Å². The van der Waals surface area contributed by atoms with E-state index in [2.05, 4.69) is 20.0 Å². The van der Waals surface area contributed by atoms with Crippen LogP contribution in [-0.4, -0.2) is 73.3 Å². The molecule has 0 spiro atoms. The van der Waals surface area contributed by atoms with Gasteiger partial charge in [-0.05, 0) is 49.6 Å². The molecule has 2 unspecified atom stereocenters. The third-order valence-corrected chi connectivity index (χ3v) is 11.8. The van der Waals surface area contributed by atoms with E-state index >= 15 is 4.57 Å². The third-order valence-electron chi connectivity index (χ3n) is 9.53. The first-order valence-electron chi connectivity index (χ1n) is 17.2. The average molecular weight is 859 g/mol. The maximum absolute atomic E-state index is 15.1. The number of esters is 1. The number of nitrogen functional groups attached to an aromatic ring is 1. The van der Waals surface area contributed by atoms with Crippen LogP contribution < -0.4 is 20.1 Å². The number of aliphatic hydroxyl groups excluding tert-OH is 1. The Hall–Kier alpha value is -3.90. The molecule has 6 atom stereocenters. The number of nitrogens with zero attached hydrogens (tertiary/aromatic N) is 4. The highest BCUT2D eigenvalue weighted by molar-refractivity contribution is 14.1. The highest BCUT2D eigenvalue weighted by atomic mass is 127. The van der Waals surface area contributed by atoms with Gasteiger partial charge in [0.15, 0.2) is 21.2 Å². The molecule has 1 aliphatic heterocycles. The normalized spacial score (nSPS) is 23.8. The van der Waals surface area contributed by atoms with Crippen LogP contribution >= 0.6 is 30.3 Å². The van der Waals surface area contributed by atoms with Gasteiger partial charge < -0.3 is 34.7 Å². The molecule has 17 heteroatoms. The predicted octanol–water partition coefficient (Wildman–Crippen LogP) is 5.59. The number of anilines is 1. The van der Waals surface area contributed by atoms with Crippen LogP contribution in [0.1, 0.15) is 56.9 Å². The molecule has 1 aliphatic carbocycles. The molecular weight excluding hydrogens is 818 g/mol. The van der Waals surface area contributed by atoms with Crippen molar-refractivity contribution in [2.24, 2.45) is 0 Å². The lowest BCUT2D eigenvalue weighted by atomic mass is 9.96. The number of hydrogen-bond acceptors (Lipinski definition) is 13. The summed E-state index contributed by atoms with van der Waals surface area (Å²) in [7, 11) is -3.12. The monoisotopic (exact) mass is 858 g/mol. The largest absolute Gasteiger partial charge is 0.479 e. The van der Waals surface area contributed by atoms with Crippen molar-refractivity contribution in [1.82, 2.24) is 24.6 Å². The number of aromatic nitrogens is 4. The maximum atomic E-state index is 15.1. The van der Waals surface area contributed by atoms with Crippen molar-refractivity contribution in [1.29, 1.82) is 0 Å². The van der Waals surface area contributed by atoms with Gasteiger partial charge in [0.2, 0.25) is 11.8 Å². The van der Waals surface area contributed by atoms with Crippen molar-refractivity contribution >= 4 is 64.2 Å². The highest BCUT2D eigenvalue weighted by Crippen LogP contribution is 2.50. The molecule has 53 heavy (non-hydrogen) atoms. The second kappa shape index (κ2) is 15.5. The van der Waals surface area contributed by atoms with Crippen LogP contribution in [0.5, 0.6) is 11.6 Å². The van der Waals surface area contributed by atoms with E-state index in [0.29, 0.717) is 14.8 Å². The van der Waals surface area contributed by atoms with Gasteiger partial charge in [0.1, 0.15) is 35.7 Å². The van der Waals surface area contributed by atoms with Gasteiger partial charge in [-0.2, -0.15) is 15.1 Å². The number of hydrogen-bond donors (Lipinski definition) is 4. The quantitative estimate of drug-likeness (QED) is 0.0523. The minimum Gasteiger partial charge on any atom is -0.479 e. The Bertz CT molecular complexity index is 2140. The number of halogens is 1. The Labute approximate surface area is 318 Å². The molecule has 5 N–H and O–H groups in total. The van der Waals surface area contributed by atoms with Gasteiger partial charge in [0.25, 0.3) is 0 Å². The fourth-order valence-electron chi connectivity index (χ4n) is 6.79. The fourth-order valence-corrected chi connectivity index (χ4v) is 9.02. The lowest BCUT2D eigenvalue weighted by Gasteiger charge is -2.29. The summed E-state index contributed by atoms with van der Waals surface area (Å²) >= 11 is 1.94. The first kappa shape index (κ1) is 37.4. The van der Waals surface area contributed by atoms with Crippen LogP contribution in [0.3, 0.4) is 0 Å². The van der Waals surface area contributed by atoms with Crippen molar-refractivity contribution in [3.8, 4) is 11.6 Å². The summed E-state index contributed by atoms with van der Waals surface area (Å²) in [5.41, 5.74) is 4.96. The van der Waals surface area contributed by atoms with Crippen molar-refractivity contribution < 1.29 is 42.8 Å². The number of benzene rings is 3. The van der Waals surface area contributed by atoms with Crippen molar-refractivity contribution in [3.05, 3.63) is 82.2 Å². The third kappa shape index (κ3) is 7.72. The molecule has 15 nitrogen and oxygen atoms in total. The van der Waals surface area contributed by atoms with Gasteiger partial charge in [0, 0.05) is 28.0 Å². The molecule has 1 saturated carbocycles. The second-order valence-corrected chi connectivity index (χ2v) is 15.9. The number of carbonyl (C=O) groups is 1. The summed E-state index contributed by atoms with van der Waals surface area (Å²) in [6.45, 7) is 0.856. The van der Waals surface area contributed by atoms with Crippen molar-refractivity contribution in [2.45, 2.75) is 75.2 Å². The van der Waals surface area contributed by atoms with Gasteiger partial charge in [-0.15, -0.1) is 0 Å². The zero-order valence-electron chi connectivity index (χ0n) is 29.0. The molecule has 2 aliphatic rings. The van der Waals surface area contributed by atoms with E-state index in [9.17, 15) is 15.0 Å². The van der Waals surface area contributed by atoms with E-state index in [4.69, 9.17) is 29.0 Å². The van der Waals surface area contributed by atoms with Crippen LogP contribution in [0, 0.1) is 3.83 Å². The number of fused-ring (bicyclic) bond motifs is 2. The number of nitrogens with one attached hydrogen (secondary N) is 1. The zero-order chi connectivity index (χ0) is 37.3. The summed E-state index contributed by atoms with van der Waals surface area (Å²) in [5.74, 6) is -0.381. The van der Waals surface area contributed by atoms with Crippen molar-refractivity contribution in [2.75, 3.05) is 19.5 Å². The maximum Gasteiger partial charge on any atom is 0.459 e. The first-order valence-corrected chi connectivity index (χ1v) is 19.9. The lowest BCUT2D eigenvalue weighted by molar-refractivity contribution is -0.153. The molecule has 0 bridgehead atoms. The topological polar surface area (TPSA) is 202 Å². The van der Waals surface area contributed by atoms with E-state index in [0.717, 1.165) is 37.5 Å². The molecule has 5 aromatic rings. The SMILES string of the molecule is COc1nc(N)nc2c1nc(I)n2C1O[C@H](COP(=O)(N[C@@H](C(=O)OC2CCCCC2)c2ccccc2)Oc2cccc3ccccc23)[C@@H](O)[C@@]1(C)O. The summed E-state index contributed by atoms with van der Waals surface area (Å²) < 4.78 is 46.7. The zero-order valence-corrected chi connectivity index (χ0v) is 32.1. The number of carbonyl (C=O) groups excluding carboxylic acids is 1. The number of rotatable bonds is 12. The van der Waals surface area contributed by atoms with Gasteiger partial charge in [0.05, 0.1) is 13.7 Å². The predicted molar refractivity (Wildman–Crippen MR) is 203 cm³/mol. The lowest BCUT2D eigenvalue weighted by Crippen LogP contribution is -2.44. The number of methoxy groups -OCH3 is 1. The van der Waals surface area contributed by atoms with Crippen LogP contribution in [0.4, 0.5) is 5.95 Å². The summed E-state index contributed by atoms with van der Waals surface area (Å²) in [6.07, 6.45) is 0.112. The summed E-state index contributed by atoms with van der Waals surface area (Å²) in [5, 5.41) is 27.5. The molecule has 3 heterocycles. The Morgan fingerprint density at radius 2 is 1.79 bits per heavy atom. The Morgan fingerprint density at radius 3 is 2.55 bits per heavy atom. The Balaban J connectivity index is 1.21. The average Bonchev–Trinajstić information content (AvgIpc) is 3.60.